The van der Waals surface area contributed by atoms with Gasteiger partial charge in [-0.1, -0.05) is 30.3 Å². The van der Waals surface area contributed by atoms with Crippen LogP contribution in [0.2, 0.25) is 0 Å². The van der Waals surface area contributed by atoms with Crippen LogP contribution in [0.5, 0.6) is 11.5 Å². The van der Waals surface area contributed by atoms with Crippen molar-refractivity contribution in [2.24, 2.45) is 0 Å². The fraction of sp³-hybridized carbons (Fsp3) is 0.188. The lowest BCUT2D eigenvalue weighted by molar-refractivity contribution is -0.152. The van der Waals surface area contributed by atoms with Crippen LogP contribution in [0.1, 0.15) is 13.8 Å². The molecule has 0 aliphatic rings. The number of para-hydroxylation sites is 1. The highest BCUT2D eigenvalue weighted by Crippen LogP contribution is 2.30. The molecule has 2 aromatic rings. The van der Waals surface area contributed by atoms with E-state index in [9.17, 15) is 9.90 Å². The van der Waals surface area contributed by atoms with Crippen LogP contribution in [0.3, 0.4) is 0 Å². The third-order valence-corrected chi connectivity index (χ3v) is 2.96. The Morgan fingerprint density at radius 3 is 2.20 bits per heavy atom. The van der Waals surface area contributed by atoms with E-state index in [2.05, 4.69) is 0 Å². The molecule has 0 radical (unpaired) electrons. The maximum absolute atomic E-state index is 11.0. The lowest BCUT2D eigenvalue weighted by Gasteiger charge is -2.21. The zero-order valence-electron chi connectivity index (χ0n) is 11.3. The third-order valence-electron chi connectivity index (χ3n) is 2.96. The van der Waals surface area contributed by atoms with Crippen molar-refractivity contribution >= 4 is 5.97 Å². The Labute approximate surface area is 117 Å². The van der Waals surface area contributed by atoms with Crippen LogP contribution < -0.4 is 4.74 Å². The van der Waals surface area contributed by atoms with Crippen molar-refractivity contribution in [2.75, 3.05) is 0 Å². The Balaban J connectivity index is 2.23. The normalized spacial score (nSPS) is 11.1. The smallest absolute Gasteiger partial charge is 0.347 e. The summed E-state index contributed by atoms with van der Waals surface area (Å²) < 4.78 is 5.42. The molecule has 0 unspecified atom stereocenters. The van der Waals surface area contributed by atoms with Gasteiger partial charge < -0.3 is 14.9 Å². The minimum Gasteiger partial charge on any atom is -0.507 e. The highest BCUT2D eigenvalue weighted by atomic mass is 16.5. The van der Waals surface area contributed by atoms with E-state index in [4.69, 9.17) is 9.84 Å². The van der Waals surface area contributed by atoms with Crippen LogP contribution in [0, 0.1) is 0 Å². The molecule has 2 aromatic carbocycles. The summed E-state index contributed by atoms with van der Waals surface area (Å²) in [4.78, 5) is 11.0. The average Bonchev–Trinajstić information content (AvgIpc) is 2.40. The number of ether oxygens (including phenoxy) is 1. The van der Waals surface area contributed by atoms with E-state index in [1.54, 1.807) is 36.4 Å². The number of phenolic OH excluding ortho intramolecular Hbond substituents is 1. The average molecular weight is 272 g/mol. The topological polar surface area (TPSA) is 66.8 Å². The Bertz CT molecular complexity index is 615. The first-order chi connectivity index (χ1) is 9.40. The minimum absolute atomic E-state index is 0.201. The van der Waals surface area contributed by atoms with E-state index in [0.717, 1.165) is 11.1 Å². The molecule has 0 fully saturated rings. The van der Waals surface area contributed by atoms with Crippen LogP contribution in [0.15, 0.2) is 48.5 Å². The molecule has 4 nitrogen and oxygen atoms in total. The Hall–Kier alpha value is -2.49. The Kier molecular flexibility index (Phi) is 3.66. The molecule has 0 aromatic heterocycles. The third kappa shape index (κ3) is 2.91. The predicted octanol–water partition coefficient (Wildman–Crippen LogP) is 3.30. The molecule has 0 atom stereocenters. The molecule has 2 N–H and O–H groups in total. The van der Waals surface area contributed by atoms with Crippen molar-refractivity contribution < 1.29 is 19.7 Å². The summed E-state index contributed by atoms with van der Waals surface area (Å²) in [6.07, 6.45) is 0. The first kappa shape index (κ1) is 13.9. The van der Waals surface area contributed by atoms with Crippen molar-refractivity contribution in [2.45, 2.75) is 19.4 Å². The first-order valence-electron chi connectivity index (χ1n) is 6.21. The number of benzene rings is 2. The van der Waals surface area contributed by atoms with Crippen molar-refractivity contribution in [1.82, 2.24) is 0 Å². The molecule has 0 amide bonds. The summed E-state index contributed by atoms with van der Waals surface area (Å²) in [7, 11) is 0. The summed E-state index contributed by atoms with van der Waals surface area (Å²) in [5.41, 5.74) is 0.274. The van der Waals surface area contributed by atoms with Gasteiger partial charge in [0, 0.05) is 5.56 Å². The summed E-state index contributed by atoms with van der Waals surface area (Å²) in [6.45, 7) is 2.98. The van der Waals surface area contributed by atoms with Gasteiger partial charge in [-0.15, -0.1) is 0 Å². The summed E-state index contributed by atoms with van der Waals surface area (Å²) >= 11 is 0. The second kappa shape index (κ2) is 5.25. The lowest BCUT2D eigenvalue weighted by atomic mass is 10.0. The van der Waals surface area contributed by atoms with E-state index in [0.29, 0.717) is 5.75 Å². The number of aliphatic carboxylic acids is 1. The van der Waals surface area contributed by atoms with Gasteiger partial charge in [-0.05, 0) is 37.6 Å². The fourth-order valence-electron chi connectivity index (χ4n) is 1.76. The van der Waals surface area contributed by atoms with E-state index in [-0.39, 0.29) is 5.75 Å². The Morgan fingerprint density at radius 1 is 1.05 bits per heavy atom. The molecule has 0 heterocycles. The van der Waals surface area contributed by atoms with Gasteiger partial charge in [0.2, 0.25) is 0 Å². The maximum atomic E-state index is 11.0. The number of aromatic hydroxyl groups is 1. The molecule has 2 rings (SSSR count). The monoisotopic (exact) mass is 272 g/mol. The van der Waals surface area contributed by atoms with E-state index in [1.807, 2.05) is 12.1 Å². The van der Waals surface area contributed by atoms with Crippen LogP contribution in [0.4, 0.5) is 0 Å². The number of hydrogen-bond donors (Lipinski definition) is 2. The fourth-order valence-corrected chi connectivity index (χ4v) is 1.76. The van der Waals surface area contributed by atoms with Crippen molar-refractivity contribution in [3.8, 4) is 22.6 Å². The second-order valence-electron chi connectivity index (χ2n) is 4.96. The number of carboxylic acids is 1. The van der Waals surface area contributed by atoms with Crippen LogP contribution in [-0.2, 0) is 4.79 Å². The van der Waals surface area contributed by atoms with E-state index >= 15 is 0 Å². The molecule has 0 aliphatic carbocycles. The van der Waals surface area contributed by atoms with Gasteiger partial charge in [0.1, 0.15) is 11.5 Å². The summed E-state index contributed by atoms with van der Waals surface area (Å²) in [6, 6.07) is 14.0. The van der Waals surface area contributed by atoms with Gasteiger partial charge in [0.15, 0.2) is 5.60 Å². The minimum atomic E-state index is -1.28. The standard InChI is InChI=1S/C16H16O4/c1-16(2,15(18)19)20-12-9-7-11(8-10-12)13-5-3-4-6-14(13)17/h3-10,17H,1-2H3,(H,18,19). The molecule has 0 bridgehead atoms. The lowest BCUT2D eigenvalue weighted by Crippen LogP contribution is -2.37. The van der Waals surface area contributed by atoms with Gasteiger partial charge in [-0.25, -0.2) is 4.79 Å². The van der Waals surface area contributed by atoms with Crippen molar-refractivity contribution in [1.29, 1.82) is 0 Å². The SMILES string of the molecule is CC(C)(Oc1ccc(-c2ccccc2O)cc1)C(=O)O. The number of carboxylic acid groups (broad SMARTS) is 1. The number of phenols is 1. The predicted molar refractivity (Wildman–Crippen MR) is 75.9 cm³/mol. The zero-order chi connectivity index (χ0) is 14.8. The highest BCUT2D eigenvalue weighted by molar-refractivity contribution is 5.77. The van der Waals surface area contributed by atoms with Gasteiger partial charge >= 0.3 is 5.97 Å². The Morgan fingerprint density at radius 2 is 1.65 bits per heavy atom. The zero-order valence-corrected chi connectivity index (χ0v) is 11.3. The molecule has 0 saturated heterocycles. The molecule has 4 heteroatoms. The van der Waals surface area contributed by atoms with Gasteiger partial charge in [0.25, 0.3) is 0 Å². The van der Waals surface area contributed by atoms with Gasteiger partial charge in [-0.2, -0.15) is 0 Å². The van der Waals surface area contributed by atoms with Gasteiger partial charge in [0.05, 0.1) is 0 Å². The molecule has 20 heavy (non-hydrogen) atoms. The molecule has 0 saturated carbocycles. The van der Waals surface area contributed by atoms with Crippen molar-refractivity contribution in [3.63, 3.8) is 0 Å². The number of rotatable bonds is 4. The second-order valence-corrected chi connectivity index (χ2v) is 4.96. The molecular formula is C16H16O4. The van der Waals surface area contributed by atoms with Crippen molar-refractivity contribution in [3.05, 3.63) is 48.5 Å². The highest BCUT2D eigenvalue weighted by Gasteiger charge is 2.29. The molecule has 104 valence electrons. The van der Waals surface area contributed by atoms with Crippen LogP contribution in [0.25, 0.3) is 11.1 Å². The van der Waals surface area contributed by atoms with E-state index < -0.39 is 11.6 Å². The summed E-state index contributed by atoms with van der Waals surface area (Å²) in [5, 5.41) is 18.8. The number of hydrogen-bond acceptors (Lipinski definition) is 3. The van der Waals surface area contributed by atoms with E-state index in [1.165, 1.54) is 13.8 Å². The van der Waals surface area contributed by atoms with Crippen LogP contribution >= 0.6 is 0 Å². The summed E-state index contributed by atoms with van der Waals surface area (Å²) in [5.74, 6) is -0.356. The number of carbonyl (C=O) groups is 1. The quantitative estimate of drug-likeness (QED) is 0.896. The van der Waals surface area contributed by atoms with Gasteiger partial charge in [-0.3, -0.25) is 0 Å². The molecule has 0 aliphatic heterocycles. The largest absolute Gasteiger partial charge is 0.507 e. The van der Waals surface area contributed by atoms with Crippen LogP contribution in [-0.4, -0.2) is 21.8 Å². The molecule has 0 spiro atoms. The molecular weight excluding hydrogens is 256 g/mol. The maximum Gasteiger partial charge on any atom is 0.347 e. The first-order valence-corrected chi connectivity index (χ1v) is 6.21.